The molecule has 0 amide bonds. The molecule has 2 aromatic carbocycles. The number of aromatic nitrogens is 2. The minimum absolute atomic E-state index is 0.0846. The number of nitrogens with zero attached hydrogens (tertiary/aromatic N) is 4. The largest absolute Gasteiger partial charge is 0.497 e. The Morgan fingerprint density at radius 2 is 1.88 bits per heavy atom. The van der Waals surface area contributed by atoms with Crippen molar-refractivity contribution in [2.75, 3.05) is 25.1 Å². The molecule has 1 aliphatic rings. The van der Waals surface area contributed by atoms with E-state index in [0.29, 0.717) is 17.0 Å². The van der Waals surface area contributed by atoms with Crippen LogP contribution in [0, 0.1) is 10.1 Å². The van der Waals surface area contributed by atoms with Crippen LogP contribution in [-0.4, -0.2) is 41.3 Å². The van der Waals surface area contributed by atoms with Crippen LogP contribution >= 0.6 is 0 Å². The number of nitro groups is 1. The third-order valence-corrected chi connectivity index (χ3v) is 5.26. The summed E-state index contributed by atoms with van der Waals surface area (Å²) in [6.45, 7) is 3.11. The molecule has 1 saturated heterocycles. The lowest BCUT2D eigenvalue weighted by Gasteiger charge is -2.18. The van der Waals surface area contributed by atoms with Crippen LogP contribution in [0.5, 0.6) is 5.75 Å². The smallest absolute Gasteiger partial charge is 0.339 e. The zero-order valence-electron chi connectivity index (χ0n) is 17.7. The molecule has 0 bridgehead atoms. The quantitative estimate of drug-likeness (QED) is 0.304. The van der Waals surface area contributed by atoms with E-state index >= 15 is 0 Å². The zero-order chi connectivity index (χ0) is 22.7. The van der Waals surface area contributed by atoms with Crippen LogP contribution < -0.4 is 9.64 Å². The molecule has 1 fully saturated rings. The van der Waals surface area contributed by atoms with E-state index in [0.717, 1.165) is 25.9 Å². The van der Waals surface area contributed by atoms with Crippen LogP contribution in [0.2, 0.25) is 0 Å². The van der Waals surface area contributed by atoms with Gasteiger partial charge in [0, 0.05) is 24.7 Å². The number of anilines is 1. The first kappa shape index (κ1) is 21.3. The van der Waals surface area contributed by atoms with Crippen LogP contribution in [0.4, 0.5) is 11.4 Å². The van der Waals surface area contributed by atoms with Gasteiger partial charge in [0.25, 0.3) is 11.6 Å². The number of ether oxygens (including phenoxy) is 2. The number of benzene rings is 2. The molecule has 10 nitrogen and oxygen atoms in total. The van der Waals surface area contributed by atoms with Gasteiger partial charge in [-0.2, -0.15) is 0 Å². The molecule has 10 heteroatoms. The zero-order valence-corrected chi connectivity index (χ0v) is 17.7. The molecule has 4 rings (SSSR count). The van der Waals surface area contributed by atoms with Gasteiger partial charge in [-0.25, -0.2) is 4.79 Å². The highest BCUT2D eigenvalue weighted by molar-refractivity contribution is 5.91. The van der Waals surface area contributed by atoms with Crippen molar-refractivity contribution in [1.29, 1.82) is 0 Å². The molecule has 3 aromatic rings. The molecule has 0 spiro atoms. The van der Waals surface area contributed by atoms with E-state index in [1.807, 2.05) is 4.90 Å². The Kier molecular flexibility index (Phi) is 6.02. The number of methoxy groups -OCH3 is 1. The molecule has 2 heterocycles. The van der Waals surface area contributed by atoms with Crippen LogP contribution in [-0.2, 0) is 4.74 Å². The second-order valence-electron chi connectivity index (χ2n) is 7.38. The van der Waals surface area contributed by atoms with Gasteiger partial charge >= 0.3 is 5.97 Å². The molecule has 0 radical (unpaired) electrons. The normalized spacial score (nSPS) is 14.2. The van der Waals surface area contributed by atoms with Gasteiger partial charge in [-0.3, -0.25) is 10.1 Å². The van der Waals surface area contributed by atoms with Crippen molar-refractivity contribution < 1.29 is 23.6 Å². The highest BCUT2D eigenvalue weighted by Gasteiger charge is 2.26. The first-order valence-corrected chi connectivity index (χ1v) is 10.2. The molecule has 1 aliphatic heterocycles. The van der Waals surface area contributed by atoms with Gasteiger partial charge in [0.05, 0.1) is 17.6 Å². The Morgan fingerprint density at radius 3 is 2.53 bits per heavy atom. The van der Waals surface area contributed by atoms with Gasteiger partial charge in [-0.05, 0) is 56.2 Å². The van der Waals surface area contributed by atoms with E-state index < -0.39 is 17.0 Å². The summed E-state index contributed by atoms with van der Waals surface area (Å²) >= 11 is 0. The molecule has 0 saturated carbocycles. The van der Waals surface area contributed by atoms with E-state index in [1.165, 1.54) is 12.1 Å². The van der Waals surface area contributed by atoms with Crippen molar-refractivity contribution in [1.82, 2.24) is 10.2 Å². The number of nitro benzene ring substituents is 1. The summed E-state index contributed by atoms with van der Waals surface area (Å²) in [4.78, 5) is 25.7. The van der Waals surface area contributed by atoms with Crippen molar-refractivity contribution in [3.05, 3.63) is 64.0 Å². The third kappa shape index (κ3) is 4.39. The number of esters is 1. The summed E-state index contributed by atoms with van der Waals surface area (Å²) in [5.74, 6) is 0.377. The topological polar surface area (TPSA) is 121 Å². The summed E-state index contributed by atoms with van der Waals surface area (Å²) in [5, 5.41) is 19.5. The Morgan fingerprint density at radius 1 is 1.16 bits per heavy atom. The van der Waals surface area contributed by atoms with Crippen molar-refractivity contribution in [3.63, 3.8) is 0 Å². The maximum absolute atomic E-state index is 12.6. The van der Waals surface area contributed by atoms with E-state index in [9.17, 15) is 14.9 Å². The first-order valence-electron chi connectivity index (χ1n) is 10.2. The number of hydrogen-bond acceptors (Lipinski definition) is 9. The Hall–Kier alpha value is -3.95. The molecule has 1 atom stereocenters. The van der Waals surface area contributed by atoms with E-state index in [1.54, 1.807) is 44.4 Å². The minimum Gasteiger partial charge on any atom is -0.497 e. The summed E-state index contributed by atoms with van der Waals surface area (Å²) in [5.41, 5.74) is 1.17. The van der Waals surface area contributed by atoms with Crippen molar-refractivity contribution in [2.45, 2.75) is 25.9 Å². The standard InChI is InChI=1S/C22H22N4O6/c1-14(20-23-24-21(32-20)15-5-8-17(30-2)9-6-15)31-22(27)16-7-10-18(19(13-16)26(28)29)25-11-3-4-12-25/h5-10,13-14H,3-4,11-12H2,1-2H3/t14-/m0/s1. The maximum Gasteiger partial charge on any atom is 0.339 e. The SMILES string of the molecule is COc1ccc(-c2nnc([C@H](C)OC(=O)c3ccc(N4CCCC4)c([N+](=O)[O-])c3)o2)cc1. The molecular weight excluding hydrogens is 416 g/mol. The molecule has 0 aliphatic carbocycles. The summed E-state index contributed by atoms with van der Waals surface area (Å²) in [7, 11) is 1.57. The monoisotopic (exact) mass is 438 g/mol. The Bertz CT molecular complexity index is 1120. The Balaban J connectivity index is 1.48. The summed E-state index contributed by atoms with van der Waals surface area (Å²) in [6.07, 6.45) is 1.14. The molecule has 166 valence electrons. The number of rotatable bonds is 7. The van der Waals surface area contributed by atoms with Gasteiger partial charge in [-0.15, -0.1) is 10.2 Å². The van der Waals surface area contributed by atoms with Gasteiger partial charge in [0.2, 0.25) is 5.89 Å². The second kappa shape index (κ2) is 9.04. The van der Waals surface area contributed by atoms with Crippen molar-refractivity contribution >= 4 is 17.3 Å². The first-order chi connectivity index (χ1) is 15.5. The highest BCUT2D eigenvalue weighted by Crippen LogP contribution is 2.32. The lowest BCUT2D eigenvalue weighted by molar-refractivity contribution is -0.384. The lowest BCUT2D eigenvalue weighted by Crippen LogP contribution is -2.19. The third-order valence-electron chi connectivity index (χ3n) is 5.26. The average Bonchev–Trinajstić information content (AvgIpc) is 3.51. The molecule has 32 heavy (non-hydrogen) atoms. The molecular formula is C22H22N4O6. The Labute approximate surface area is 183 Å². The van der Waals surface area contributed by atoms with Crippen LogP contribution in [0.25, 0.3) is 11.5 Å². The number of hydrogen-bond donors (Lipinski definition) is 0. The van der Waals surface area contributed by atoms with Crippen LogP contribution in [0.3, 0.4) is 0 Å². The van der Waals surface area contributed by atoms with Crippen LogP contribution in [0.15, 0.2) is 46.9 Å². The van der Waals surface area contributed by atoms with Gasteiger partial charge in [-0.1, -0.05) is 0 Å². The fourth-order valence-corrected chi connectivity index (χ4v) is 3.55. The van der Waals surface area contributed by atoms with E-state index in [-0.39, 0.29) is 23.0 Å². The summed E-state index contributed by atoms with van der Waals surface area (Å²) < 4.78 is 16.2. The number of carbonyl (C=O) groups is 1. The molecule has 0 N–H and O–H groups in total. The van der Waals surface area contributed by atoms with Gasteiger partial charge < -0.3 is 18.8 Å². The van der Waals surface area contributed by atoms with E-state index in [2.05, 4.69) is 10.2 Å². The van der Waals surface area contributed by atoms with Gasteiger partial charge in [0.15, 0.2) is 6.10 Å². The average molecular weight is 438 g/mol. The lowest BCUT2D eigenvalue weighted by atomic mass is 10.1. The minimum atomic E-state index is -0.834. The molecule has 0 unspecified atom stereocenters. The summed E-state index contributed by atoms with van der Waals surface area (Å²) in [6, 6.07) is 11.5. The maximum atomic E-state index is 12.6. The highest BCUT2D eigenvalue weighted by atomic mass is 16.6. The predicted octanol–water partition coefficient (Wildman–Crippen LogP) is 4.17. The van der Waals surface area contributed by atoms with Crippen LogP contribution in [0.1, 0.15) is 42.1 Å². The van der Waals surface area contributed by atoms with Gasteiger partial charge in [0.1, 0.15) is 11.4 Å². The molecule has 1 aromatic heterocycles. The fourth-order valence-electron chi connectivity index (χ4n) is 3.55. The second-order valence-corrected chi connectivity index (χ2v) is 7.38. The fraction of sp³-hybridized carbons (Fsp3) is 0.318. The van der Waals surface area contributed by atoms with Crippen molar-refractivity contribution in [2.24, 2.45) is 0 Å². The number of carbonyl (C=O) groups excluding carboxylic acids is 1. The van der Waals surface area contributed by atoms with Crippen molar-refractivity contribution in [3.8, 4) is 17.2 Å². The van der Waals surface area contributed by atoms with E-state index in [4.69, 9.17) is 13.9 Å². The predicted molar refractivity (Wildman–Crippen MR) is 115 cm³/mol.